The maximum atomic E-state index is 5.26. The van der Waals surface area contributed by atoms with Crippen molar-refractivity contribution in [3.05, 3.63) is 419 Å². The molecule has 0 N–H and O–H groups in total. The Kier molecular flexibility index (Phi) is 18.3. The Hall–Kier alpha value is -15.1. The summed E-state index contributed by atoms with van der Waals surface area (Å²) in [5, 5.41) is 6.99. The van der Waals surface area contributed by atoms with Gasteiger partial charge in [-0.25, -0.2) is 34.9 Å². The van der Waals surface area contributed by atoms with Crippen LogP contribution >= 0.6 is 0 Å². The van der Waals surface area contributed by atoms with Gasteiger partial charge in [0, 0.05) is 76.8 Å². The summed E-state index contributed by atoms with van der Waals surface area (Å²) in [6, 6.07) is 146. The van der Waals surface area contributed by atoms with E-state index in [1.807, 2.05) is 97.1 Å². The van der Waals surface area contributed by atoms with Gasteiger partial charge in [-0.05, 0) is 97.1 Å². The van der Waals surface area contributed by atoms with Gasteiger partial charge >= 0.3 is 0 Å². The van der Waals surface area contributed by atoms with Crippen LogP contribution in [0.3, 0.4) is 0 Å². The molecule has 16 aromatic carbocycles. The monoisotopic (exact) mass is 1430 g/mol. The van der Waals surface area contributed by atoms with Gasteiger partial charge in [0.1, 0.15) is 0 Å². The highest BCUT2D eigenvalue weighted by Gasteiger charge is 2.20. The Morgan fingerprint density at radius 1 is 0.134 bits per heavy atom. The molecule has 7 nitrogen and oxygen atoms in total. The van der Waals surface area contributed by atoms with Gasteiger partial charge in [0.15, 0.2) is 23.3 Å². The molecule has 0 radical (unpaired) electrons. The number of hydrogen-bond donors (Lipinski definition) is 0. The first-order chi connectivity index (χ1) is 55.5. The van der Waals surface area contributed by atoms with Crippen molar-refractivity contribution >= 4 is 43.4 Å². The topological polar surface area (TPSA) is 90.2 Å². The van der Waals surface area contributed by atoms with Crippen molar-refractivity contribution < 1.29 is 0 Å². The first-order valence-corrected chi connectivity index (χ1v) is 37.7. The van der Waals surface area contributed by atoms with Gasteiger partial charge in [-0.15, -0.1) is 0 Å². The van der Waals surface area contributed by atoms with Crippen molar-refractivity contribution in [3.8, 4) is 157 Å². The van der Waals surface area contributed by atoms with Crippen molar-refractivity contribution in [1.82, 2.24) is 34.9 Å². The van der Waals surface area contributed by atoms with E-state index in [0.29, 0.717) is 23.3 Å². The van der Waals surface area contributed by atoms with E-state index in [0.717, 1.165) is 128 Å². The molecule has 20 aromatic rings. The second-order valence-corrected chi connectivity index (χ2v) is 27.8. The van der Waals surface area contributed by atoms with E-state index in [1.54, 1.807) is 0 Å². The molecule has 20 rings (SSSR count). The van der Waals surface area contributed by atoms with Gasteiger partial charge in [-0.2, -0.15) is 0 Å². The van der Waals surface area contributed by atoms with Crippen LogP contribution in [-0.2, 0) is 0 Å². The average molecular weight is 1430 g/mol. The largest absolute Gasteiger partial charge is 0.247 e. The van der Waals surface area contributed by atoms with Crippen LogP contribution in [0.25, 0.3) is 201 Å². The molecule has 0 saturated carbocycles. The zero-order chi connectivity index (χ0) is 74.5. The maximum Gasteiger partial charge on any atom is 0.164 e. The molecule has 112 heavy (non-hydrogen) atoms. The lowest BCUT2D eigenvalue weighted by Crippen LogP contribution is -2.00. The summed E-state index contributed by atoms with van der Waals surface area (Å²) in [7, 11) is 0. The van der Waals surface area contributed by atoms with Crippen LogP contribution in [0.2, 0.25) is 0 Å². The SMILES string of the molecule is c1ccc(-c2cccc(-c3nc4ccccc4c4c(-c5ccc(-c6ccc(-c7cc(-c8ccccc8)nc(-c8ccccc8)n7)cc6)cc5)cccc34)c2)cc1.c1ccc(-c2cccc(-c3nc4ccccc4c4c(-c5ccc(-c6ccc(-c7nc(-c8ccccc8)nc(-c8ccccc8)n7)cc6)cc5)cccc34)c2)cc1. The molecule has 0 bridgehead atoms. The van der Waals surface area contributed by atoms with E-state index in [9.17, 15) is 0 Å². The molecule has 0 fully saturated rings. The van der Waals surface area contributed by atoms with Crippen molar-refractivity contribution in [2.24, 2.45) is 0 Å². The van der Waals surface area contributed by atoms with Crippen molar-refractivity contribution in [1.29, 1.82) is 0 Å². The van der Waals surface area contributed by atoms with Crippen molar-refractivity contribution in [2.45, 2.75) is 0 Å². The van der Waals surface area contributed by atoms with E-state index >= 15 is 0 Å². The van der Waals surface area contributed by atoms with Gasteiger partial charge in [0.25, 0.3) is 0 Å². The maximum absolute atomic E-state index is 5.26. The summed E-state index contributed by atoms with van der Waals surface area (Å²) < 4.78 is 0. The first-order valence-electron chi connectivity index (χ1n) is 37.7. The number of hydrogen-bond acceptors (Lipinski definition) is 7. The first kappa shape index (κ1) is 67.5. The third-order valence-corrected chi connectivity index (χ3v) is 20.8. The number of rotatable bonds is 14. The zero-order valence-electron chi connectivity index (χ0n) is 61.0. The fourth-order valence-corrected chi connectivity index (χ4v) is 15.2. The van der Waals surface area contributed by atoms with Gasteiger partial charge in [-0.3, -0.25) is 0 Å². The molecule has 0 spiro atoms. The predicted molar refractivity (Wildman–Crippen MR) is 464 cm³/mol. The third-order valence-electron chi connectivity index (χ3n) is 20.8. The molecule has 0 aliphatic heterocycles. The highest BCUT2D eigenvalue weighted by atomic mass is 15.0. The van der Waals surface area contributed by atoms with Crippen LogP contribution < -0.4 is 0 Å². The number of aromatic nitrogens is 7. The second-order valence-electron chi connectivity index (χ2n) is 27.8. The van der Waals surface area contributed by atoms with Crippen LogP contribution in [0.5, 0.6) is 0 Å². The summed E-state index contributed by atoms with van der Waals surface area (Å²) in [4.78, 5) is 35.2. The minimum absolute atomic E-state index is 0.642. The summed E-state index contributed by atoms with van der Waals surface area (Å²) >= 11 is 0. The van der Waals surface area contributed by atoms with Gasteiger partial charge in [-0.1, -0.05) is 388 Å². The number of fused-ring (bicyclic) bond motifs is 6. The summed E-state index contributed by atoms with van der Waals surface area (Å²) in [6.07, 6.45) is 0. The molecule has 7 heteroatoms. The number of para-hydroxylation sites is 2. The molecule has 0 aliphatic carbocycles. The lowest BCUT2D eigenvalue weighted by molar-refractivity contribution is 1.07. The lowest BCUT2D eigenvalue weighted by atomic mass is 9.91. The summed E-state index contributed by atoms with van der Waals surface area (Å²) in [5.74, 6) is 2.66. The predicted octanol–water partition coefficient (Wildman–Crippen LogP) is 27.1. The van der Waals surface area contributed by atoms with Crippen LogP contribution in [0, 0.1) is 0 Å². The van der Waals surface area contributed by atoms with E-state index in [1.165, 1.54) is 49.7 Å². The number of pyridine rings is 2. The third kappa shape index (κ3) is 13.7. The minimum atomic E-state index is 0.642. The van der Waals surface area contributed by atoms with Gasteiger partial charge in [0.05, 0.1) is 33.8 Å². The normalized spacial score (nSPS) is 11.2. The fraction of sp³-hybridized carbons (Fsp3) is 0. The quantitative estimate of drug-likeness (QED) is 0.100. The molecule has 4 heterocycles. The molecular formula is C105H69N7. The van der Waals surface area contributed by atoms with Crippen LogP contribution in [-0.4, -0.2) is 34.9 Å². The molecule has 0 aliphatic rings. The van der Waals surface area contributed by atoms with Gasteiger partial charge in [0.2, 0.25) is 0 Å². The van der Waals surface area contributed by atoms with Crippen LogP contribution in [0.15, 0.2) is 419 Å². The fourth-order valence-electron chi connectivity index (χ4n) is 15.2. The minimum Gasteiger partial charge on any atom is -0.247 e. The zero-order valence-corrected chi connectivity index (χ0v) is 61.0. The summed E-state index contributed by atoms with van der Waals surface area (Å²) in [6.45, 7) is 0. The Labute approximate surface area is 650 Å². The molecule has 0 unspecified atom stereocenters. The van der Waals surface area contributed by atoms with Crippen LogP contribution in [0.1, 0.15) is 0 Å². The van der Waals surface area contributed by atoms with Gasteiger partial charge < -0.3 is 0 Å². The molecule has 524 valence electrons. The van der Waals surface area contributed by atoms with E-state index in [-0.39, 0.29) is 0 Å². The Morgan fingerprint density at radius 3 is 0.750 bits per heavy atom. The smallest absolute Gasteiger partial charge is 0.164 e. The highest BCUT2D eigenvalue weighted by Crippen LogP contribution is 2.43. The number of benzene rings is 16. The Morgan fingerprint density at radius 2 is 0.375 bits per heavy atom. The highest BCUT2D eigenvalue weighted by molar-refractivity contribution is 6.18. The van der Waals surface area contributed by atoms with Crippen molar-refractivity contribution in [2.75, 3.05) is 0 Å². The Bertz CT molecular complexity index is 6260. The van der Waals surface area contributed by atoms with E-state index in [4.69, 9.17) is 34.9 Å². The lowest BCUT2D eigenvalue weighted by Gasteiger charge is -2.15. The Balaban J connectivity index is 0.000000151. The summed E-state index contributed by atoms with van der Waals surface area (Å²) in [5.41, 5.74) is 27.9. The molecule has 0 atom stereocenters. The molecule has 4 aromatic heterocycles. The standard InChI is InChI=1S/C53H35N3.C52H34N4/c1-4-14-36(15-5-1)43-20-12-21-44(34-43)52-47-24-13-23-45(51(47)46-22-10-11-25-48(46)54-52)39-30-26-37(27-31-39)38-28-32-41(33-29-38)50-35-49(40-16-6-2-7-17-40)55-53(56-50)42-18-8-3-9-19-42;1-4-14-35(15-5-1)42-20-12-21-43(34-42)49-46-24-13-23-44(48(46)45-22-10-11-25-47(45)53-49)38-30-26-36(27-31-38)37-28-32-41(33-29-37)52-55-50(39-16-6-2-7-17-39)54-51(56-52)40-18-8-3-9-19-40/h1-35H;1-34H. The molecular weight excluding hydrogens is 1360 g/mol. The van der Waals surface area contributed by atoms with Crippen molar-refractivity contribution in [3.63, 3.8) is 0 Å². The molecule has 0 amide bonds. The van der Waals surface area contributed by atoms with Crippen LogP contribution in [0.4, 0.5) is 0 Å². The molecule has 0 saturated heterocycles. The number of nitrogens with zero attached hydrogens (tertiary/aromatic N) is 7. The average Bonchev–Trinajstić information content (AvgIpc) is 0.746. The second kappa shape index (κ2) is 30.3. The van der Waals surface area contributed by atoms with E-state index < -0.39 is 0 Å². The van der Waals surface area contributed by atoms with E-state index in [2.05, 4.69) is 322 Å².